The van der Waals surface area contributed by atoms with Crippen LogP contribution in [0.5, 0.6) is 5.75 Å². The number of aliphatic hydroxyl groups is 1. The van der Waals surface area contributed by atoms with Crippen LogP contribution in [0.3, 0.4) is 0 Å². The van der Waals surface area contributed by atoms with Crippen molar-refractivity contribution < 1.29 is 24.2 Å². The fourth-order valence-corrected chi connectivity index (χ4v) is 5.18. The summed E-state index contributed by atoms with van der Waals surface area (Å²) in [4.78, 5) is 26.2. The van der Waals surface area contributed by atoms with E-state index in [0.29, 0.717) is 37.5 Å². The van der Waals surface area contributed by atoms with Gasteiger partial charge in [0.1, 0.15) is 5.75 Å². The van der Waals surface area contributed by atoms with Crippen molar-refractivity contribution in [2.75, 3.05) is 33.4 Å². The van der Waals surface area contributed by atoms with Crippen molar-refractivity contribution in [3.05, 3.63) is 65.7 Å². The molecule has 0 radical (unpaired) electrons. The van der Waals surface area contributed by atoms with Crippen LogP contribution < -0.4 is 21.1 Å². The van der Waals surface area contributed by atoms with E-state index >= 15 is 0 Å². The van der Waals surface area contributed by atoms with E-state index in [0.717, 1.165) is 37.7 Å². The number of carbonyl (C=O) groups excluding carboxylic acids is 2. The Labute approximate surface area is 239 Å². The van der Waals surface area contributed by atoms with Gasteiger partial charge in [-0.05, 0) is 61.6 Å². The molecule has 0 aromatic heterocycles. The van der Waals surface area contributed by atoms with Gasteiger partial charge in [0, 0.05) is 32.8 Å². The molecule has 2 aromatic carbocycles. The first-order valence-electron chi connectivity index (χ1n) is 14.5. The molecule has 2 amide bonds. The van der Waals surface area contributed by atoms with Gasteiger partial charge in [-0.15, -0.1) is 0 Å². The number of ether oxygens (including phenoxy) is 2. The number of unbranched alkanes of at least 4 members (excludes halogenated alkanes) is 1. The van der Waals surface area contributed by atoms with Crippen LogP contribution in [0.1, 0.15) is 68.3 Å². The molecule has 0 bridgehead atoms. The van der Waals surface area contributed by atoms with Gasteiger partial charge in [0.05, 0.1) is 23.7 Å². The van der Waals surface area contributed by atoms with Crippen LogP contribution in [-0.2, 0) is 14.9 Å². The normalized spacial score (nSPS) is 16.4. The third-order valence-corrected chi connectivity index (χ3v) is 8.11. The zero-order valence-electron chi connectivity index (χ0n) is 24.2. The van der Waals surface area contributed by atoms with Crippen molar-refractivity contribution in [1.29, 1.82) is 0 Å². The van der Waals surface area contributed by atoms with Gasteiger partial charge >= 0.3 is 0 Å². The predicted molar refractivity (Wildman–Crippen MR) is 157 cm³/mol. The number of rotatable bonds is 17. The largest absolute Gasteiger partial charge is 0.493 e. The van der Waals surface area contributed by atoms with E-state index in [1.54, 1.807) is 19.2 Å². The first-order valence-corrected chi connectivity index (χ1v) is 14.5. The van der Waals surface area contributed by atoms with Gasteiger partial charge < -0.3 is 30.9 Å². The molecule has 1 aliphatic carbocycles. The van der Waals surface area contributed by atoms with E-state index in [2.05, 4.69) is 24.5 Å². The van der Waals surface area contributed by atoms with E-state index < -0.39 is 17.6 Å². The van der Waals surface area contributed by atoms with E-state index in [9.17, 15) is 14.7 Å². The number of hydrogen-bond acceptors (Lipinski definition) is 6. The summed E-state index contributed by atoms with van der Waals surface area (Å²) in [5, 5.41) is 16.8. The highest BCUT2D eigenvalue weighted by atomic mass is 16.5. The molecule has 0 unspecified atom stereocenters. The molecule has 1 saturated carbocycles. The lowest BCUT2D eigenvalue weighted by Gasteiger charge is -2.41. The lowest BCUT2D eigenvalue weighted by atomic mass is 9.64. The van der Waals surface area contributed by atoms with Crippen LogP contribution in [0, 0.1) is 11.8 Å². The van der Waals surface area contributed by atoms with Crippen molar-refractivity contribution in [2.24, 2.45) is 17.6 Å². The Morgan fingerprint density at radius 3 is 2.30 bits per heavy atom. The fourth-order valence-electron chi connectivity index (χ4n) is 5.18. The number of methoxy groups -OCH3 is 1. The summed E-state index contributed by atoms with van der Waals surface area (Å²) < 4.78 is 10.9. The van der Waals surface area contributed by atoms with Crippen molar-refractivity contribution in [1.82, 2.24) is 10.6 Å². The molecule has 3 atom stereocenters. The maximum atomic E-state index is 13.1. The van der Waals surface area contributed by atoms with Gasteiger partial charge in [-0.1, -0.05) is 62.7 Å². The highest BCUT2D eigenvalue weighted by Crippen LogP contribution is 2.43. The Morgan fingerprint density at radius 2 is 1.65 bits per heavy atom. The number of aliphatic hydroxyl groups excluding tert-OH is 1. The highest BCUT2D eigenvalue weighted by Gasteiger charge is 2.45. The molecule has 1 aliphatic rings. The van der Waals surface area contributed by atoms with E-state index in [1.807, 2.05) is 42.5 Å². The maximum absolute atomic E-state index is 13.1. The number of hydrogen-bond donors (Lipinski definition) is 4. The summed E-state index contributed by atoms with van der Waals surface area (Å²) in [5.74, 6) is 0.585. The molecule has 8 heteroatoms. The highest BCUT2D eigenvalue weighted by molar-refractivity contribution is 5.96. The Bertz CT molecular complexity index is 1060. The molecule has 40 heavy (non-hydrogen) atoms. The van der Waals surface area contributed by atoms with Crippen LogP contribution in [0.25, 0.3) is 0 Å². The summed E-state index contributed by atoms with van der Waals surface area (Å²) in [5.41, 5.74) is 7.40. The third-order valence-electron chi connectivity index (χ3n) is 8.11. The second-order valence-electron chi connectivity index (χ2n) is 11.2. The number of para-hydroxylation sites is 1. The number of nitrogens with two attached hydrogens (primary N) is 1. The van der Waals surface area contributed by atoms with Gasteiger partial charge in [0.15, 0.2) is 0 Å². The molecule has 5 N–H and O–H groups in total. The lowest BCUT2D eigenvalue weighted by molar-refractivity contribution is -0.130. The standard InChI is InChI=1S/C32H47N3O5/c1-23(2)24(21-34-30(37)26-14-7-8-15-29(26)40-19-10-9-18-39-3)20-27(33)28(36)22-35-31(38)32(16-11-17-32)25-12-5-4-6-13-25/h4-8,12-15,23-24,27-28,36H,9-11,16-22,33H2,1-3H3,(H,34,37)(H,35,38)/t24-,27+,28+/m1/s1. The minimum absolute atomic E-state index is 0.0497. The SMILES string of the molecule is COCCCCOc1ccccc1C(=O)NC[C@@H](C[C@H](N)[C@@H](O)CNC(=O)C1(c2ccccc2)CCC1)C(C)C. The average molecular weight is 554 g/mol. The second-order valence-corrected chi connectivity index (χ2v) is 11.2. The van der Waals surface area contributed by atoms with E-state index in [-0.39, 0.29) is 30.2 Å². The van der Waals surface area contributed by atoms with Crippen molar-refractivity contribution in [3.8, 4) is 5.75 Å². The topological polar surface area (TPSA) is 123 Å². The zero-order chi connectivity index (χ0) is 29.0. The first-order chi connectivity index (χ1) is 19.3. The third kappa shape index (κ3) is 8.53. The van der Waals surface area contributed by atoms with Crippen molar-refractivity contribution in [2.45, 2.75) is 69.9 Å². The van der Waals surface area contributed by atoms with Crippen LogP contribution in [0.15, 0.2) is 54.6 Å². The van der Waals surface area contributed by atoms with Crippen LogP contribution in [0.2, 0.25) is 0 Å². The molecular weight excluding hydrogens is 506 g/mol. The minimum Gasteiger partial charge on any atom is -0.493 e. The number of benzene rings is 2. The van der Waals surface area contributed by atoms with E-state index in [4.69, 9.17) is 15.2 Å². The van der Waals surface area contributed by atoms with Gasteiger partial charge in [0.25, 0.3) is 5.91 Å². The Kier molecular flexibility index (Phi) is 12.4. The number of carbonyl (C=O) groups is 2. The summed E-state index contributed by atoms with van der Waals surface area (Å²) in [6.07, 6.45) is 3.98. The van der Waals surface area contributed by atoms with Gasteiger partial charge in [-0.3, -0.25) is 9.59 Å². The molecule has 220 valence electrons. The summed E-state index contributed by atoms with van der Waals surface area (Å²) >= 11 is 0. The molecule has 8 nitrogen and oxygen atoms in total. The minimum atomic E-state index is -0.888. The smallest absolute Gasteiger partial charge is 0.255 e. The zero-order valence-corrected chi connectivity index (χ0v) is 24.2. The van der Waals surface area contributed by atoms with Gasteiger partial charge in [0.2, 0.25) is 5.91 Å². The van der Waals surface area contributed by atoms with Crippen LogP contribution in [-0.4, -0.2) is 62.5 Å². The molecule has 2 aromatic rings. The Hall–Kier alpha value is -2.94. The second kappa shape index (κ2) is 15.7. The van der Waals surface area contributed by atoms with Gasteiger partial charge in [-0.25, -0.2) is 0 Å². The lowest BCUT2D eigenvalue weighted by Crippen LogP contribution is -2.53. The number of amides is 2. The monoisotopic (exact) mass is 553 g/mol. The first kappa shape index (κ1) is 31.6. The van der Waals surface area contributed by atoms with Gasteiger partial charge in [-0.2, -0.15) is 0 Å². The molecule has 1 fully saturated rings. The maximum Gasteiger partial charge on any atom is 0.255 e. The van der Waals surface area contributed by atoms with Crippen molar-refractivity contribution in [3.63, 3.8) is 0 Å². The Morgan fingerprint density at radius 1 is 0.975 bits per heavy atom. The fraction of sp³-hybridized carbons (Fsp3) is 0.562. The molecule has 3 rings (SSSR count). The molecule has 0 heterocycles. The van der Waals surface area contributed by atoms with Crippen LogP contribution in [0.4, 0.5) is 0 Å². The summed E-state index contributed by atoms with van der Waals surface area (Å²) in [6, 6.07) is 16.5. The Balaban J connectivity index is 1.49. The molecule has 0 spiro atoms. The quantitative estimate of drug-likeness (QED) is 0.221. The predicted octanol–water partition coefficient (Wildman–Crippen LogP) is 3.81. The van der Waals surface area contributed by atoms with Crippen LogP contribution >= 0.6 is 0 Å². The summed E-state index contributed by atoms with van der Waals surface area (Å²) in [6.45, 7) is 5.87. The van der Waals surface area contributed by atoms with Crippen molar-refractivity contribution >= 4 is 11.8 Å². The molecule has 0 saturated heterocycles. The van der Waals surface area contributed by atoms with E-state index in [1.165, 1.54) is 0 Å². The molecule has 0 aliphatic heterocycles. The average Bonchev–Trinajstić information content (AvgIpc) is 2.93. The summed E-state index contributed by atoms with van der Waals surface area (Å²) in [7, 11) is 1.67. The number of nitrogens with one attached hydrogen (secondary N) is 2. The molecular formula is C32H47N3O5.